The van der Waals surface area contributed by atoms with Crippen LogP contribution < -0.4 is 5.32 Å². The summed E-state index contributed by atoms with van der Waals surface area (Å²) in [5, 5.41) is 2.88. The van der Waals surface area contributed by atoms with E-state index in [9.17, 15) is 13.8 Å². The largest absolute Gasteiger partial charge is 0.469 e. The van der Waals surface area contributed by atoms with Crippen molar-refractivity contribution in [1.82, 2.24) is 5.32 Å². The van der Waals surface area contributed by atoms with E-state index in [0.717, 1.165) is 25.7 Å². The van der Waals surface area contributed by atoms with Crippen molar-refractivity contribution in [3.8, 4) is 0 Å². The number of rotatable bonds is 9. The molecule has 0 saturated heterocycles. The summed E-state index contributed by atoms with van der Waals surface area (Å²) < 4.78 is 16.7. The average Bonchev–Trinajstić information content (AvgIpc) is 3.14. The van der Waals surface area contributed by atoms with Crippen molar-refractivity contribution in [2.45, 2.75) is 52.0 Å². The van der Waals surface area contributed by atoms with Crippen molar-refractivity contribution in [3.63, 3.8) is 0 Å². The third-order valence-corrected chi connectivity index (χ3v) is 5.33. The smallest absolute Gasteiger partial charge is 0.306 e. The lowest BCUT2D eigenvalue weighted by Crippen LogP contribution is -2.37. The summed E-state index contributed by atoms with van der Waals surface area (Å²) in [7, 11) is 0.144. The number of carbonyl (C=O) groups is 2. The molecule has 0 aliphatic heterocycles. The van der Waals surface area contributed by atoms with E-state index in [-0.39, 0.29) is 29.1 Å². The molecule has 5 nitrogen and oxygen atoms in total. The summed E-state index contributed by atoms with van der Waals surface area (Å²) in [6, 6.07) is 0.157. The van der Waals surface area contributed by atoms with Crippen LogP contribution in [0, 0.1) is 5.41 Å². The molecule has 0 radical (unpaired) electrons. The highest BCUT2D eigenvalue weighted by atomic mass is 32.2. The van der Waals surface area contributed by atoms with Crippen molar-refractivity contribution in [3.05, 3.63) is 0 Å². The number of carbonyl (C=O) groups excluding carboxylic acids is 2. The molecule has 1 rings (SSSR count). The molecule has 1 fully saturated rings. The second-order valence-electron chi connectivity index (χ2n) is 5.56. The Morgan fingerprint density at radius 3 is 2.35 bits per heavy atom. The molecular formula is C14H25NO4S. The molecule has 0 aromatic rings. The maximum Gasteiger partial charge on any atom is 0.306 e. The van der Waals surface area contributed by atoms with Gasteiger partial charge in [-0.25, -0.2) is 0 Å². The fourth-order valence-corrected chi connectivity index (χ4v) is 3.78. The zero-order valence-corrected chi connectivity index (χ0v) is 13.4. The number of amides is 1. The van der Waals surface area contributed by atoms with Gasteiger partial charge in [0.2, 0.25) is 5.91 Å². The highest BCUT2D eigenvalue weighted by Crippen LogP contribution is 2.49. The van der Waals surface area contributed by atoms with E-state index >= 15 is 0 Å². The molecule has 0 bridgehead atoms. The Labute approximate surface area is 123 Å². The molecule has 1 amide bonds. The maximum absolute atomic E-state index is 12.0. The third kappa shape index (κ3) is 5.61. The third-order valence-electron chi connectivity index (χ3n) is 3.81. The second kappa shape index (κ2) is 7.76. The van der Waals surface area contributed by atoms with E-state index in [0.29, 0.717) is 12.2 Å². The summed E-state index contributed by atoms with van der Waals surface area (Å²) >= 11 is 0. The van der Waals surface area contributed by atoms with E-state index in [1.165, 1.54) is 7.11 Å². The fourth-order valence-electron chi connectivity index (χ4n) is 2.23. The van der Waals surface area contributed by atoms with Crippen LogP contribution in [-0.2, 0) is 25.1 Å². The van der Waals surface area contributed by atoms with Crippen LogP contribution >= 0.6 is 0 Å². The van der Waals surface area contributed by atoms with Crippen molar-refractivity contribution >= 4 is 22.7 Å². The Bertz CT molecular complexity index is 375. The molecule has 0 spiro atoms. The van der Waals surface area contributed by atoms with Crippen molar-refractivity contribution in [2.24, 2.45) is 5.41 Å². The van der Waals surface area contributed by atoms with Crippen LogP contribution in [0.1, 0.15) is 46.0 Å². The minimum absolute atomic E-state index is 0.0272. The number of hydrogen-bond donors (Lipinski definition) is 1. The number of ether oxygens (including phenoxy) is 1. The van der Waals surface area contributed by atoms with Gasteiger partial charge >= 0.3 is 5.97 Å². The molecule has 0 aromatic heterocycles. The van der Waals surface area contributed by atoms with Crippen LogP contribution in [0.2, 0.25) is 0 Å². The van der Waals surface area contributed by atoms with Gasteiger partial charge in [-0.2, -0.15) is 0 Å². The maximum atomic E-state index is 12.0. The SMILES string of the molecule is CCC(CC)NC(=O)CS(=O)CC1(CC(=O)OC)CC1. The first-order valence-electron chi connectivity index (χ1n) is 7.16. The number of methoxy groups -OCH3 is 1. The average molecular weight is 303 g/mol. The molecule has 0 aromatic carbocycles. The molecule has 1 N–H and O–H groups in total. The number of hydrogen-bond acceptors (Lipinski definition) is 4. The first-order chi connectivity index (χ1) is 9.44. The molecule has 0 heterocycles. The van der Waals surface area contributed by atoms with Crippen LogP contribution in [0.25, 0.3) is 0 Å². The number of nitrogens with one attached hydrogen (secondary N) is 1. The first-order valence-corrected chi connectivity index (χ1v) is 8.64. The fraction of sp³-hybridized carbons (Fsp3) is 0.857. The molecule has 1 saturated carbocycles. The molecule has 1 aliphatic rings. The van der Waals surface area contributed by atoms with Crippen LogP contribution in [0.3, 0.4) is 0 Å². The van der Waals surface area contributed by atoms with E-state index in [1.807, 2.05) is 13.8 Å². The van der Waals surface area contributed by atoms with Crippen LogP contribution in [-0.4, -0.2) is 40.7 Å². The van der Waals surface area contributed by atoms with E-state index < -0.39 is 10.8 Å². The zero-order valence-electron chi connectivity index (χ0n) is 12.6. The standard InChI is InChI=1S/C14H25NO4S/c1-4-11(5-2)15-12(16)9-20(18)10-14(6-7-14)8-13(17)19-3/h11H,4-10H2,1-3H3,(H,15,16). The van der Waals surface area contributed by atoms with Crippen LogP contribution in [0.4, 0.5) is 0 Å². The van der Waals surface area contributed by atoms with E-state index in [4.69, 9.17) is 0 Å². The molecule has 20 heavy (non-hydrogen) atoms. The van der Waals surface area contributed by atoms with Gasteiger partial charge in [-0.1, -0.05) is 13.8 Å². The van der Waals surface area contributed by atoms with Gasteiger partial charge in [0.15, 0.2) is 0 Å². The van der Waals surface area contributed by atoms with Gasteiger partial charge in [-0.3, -0.25) is 13.8 Å². The van der Waals surface area contributed by atoms with Gasteiger partial charge in [0.25, 0.3) is 0 Å². The molecular weight excluding hydrogens is 278 g/mol. The summed E-state index contributed by atoms with van der Waals surface area (Å²) in [4.78, 5) is 23.1. The van der Waals surface area contributed by atoms with E-state index in [2.05, 4.69) is 10.1 Å². The Balaban J connectivity index is 2.36. The molecule has 1 unspecified atom stereocenters. The predicted octanol–water partition coefficient (Wildman–Crippen LogP) is 1.38. The topological polar surface area (TPSA) is 72.5 Å². The summed E-state index contributed by atoms with van der Waals surface area (Å²) in [5.41, 5.74) is -0.187. The predicted molar refractivity (Wildman–Crippen MR) is 78.7 cm³/mol. The highest BCUT2D eigenvalue weighted by Gasteiger charge is 2.46. The van der Waals surface area contributed by atoms with Gasteiger partial charge in [-0.05, 0) is 31.1 Å². The van der Waals surface area contributed by atoms with Crippen LogP contribution in [0.5, 0.6) is 0 Å². The molecule has 116 valence electrons. The molecule has 1 atom stereocenters. The quantitative estimate of drug-likeness (QED) is 0.653. The summed E-state index contributed by atoms with van der Waals surface area (Å²) in [6.45, 7) is 4.03. The lowest BCUT2D eigenvalue weighted by atomic mass is 10.1. The van der Waals surface area contributed by atoms with E-state index in [1.54, 1.807) is 0 Å². The summed E-state index contributed by atoms with van der Waals surface area (Å²) in [5.74, 6) is 0.0181. The Morgan fingerprint density at radius 1 is 1.30 bits per heavy atom. The highest BCUT2D eigenvalue weighted by molar-refractivity contribution is 7.85. The van der Waals surface area contributed by atoms with Crippen LogP contribution in [0.15, 0.2) is 0 Å². The van der Waals surface area contributed by atoms with Crippen molar-refractivity contribution in [2.75, 3.05) is 18.6 Å². The lowest BCUT2D eigenvalue weighted by molar-refractivity contribution is -0.141. The lowest BCUT2D eigenvalue weighted by Gasteiger charge is -2.16. The Morgan fingerprint density at radius 2 is 1.90 bits per heavy atom. The first kappa shape index (κ1) is 17.1. The van der Waals surface area contributed by atoms with Crippen molar-refractivity contribution in [1.29, 1.82) is 0 Å². The molecule has 6 heteroatoms. The minimum atomic E-state index is -1.22. The zero-order chi connectivity index (χ0) is 15.2. The minimum Gasteiger partial charge on any atom is -0.469 e. The Hall–Kier alpha value is -0.910. The Kier molecular flexibility index (Phi) is 6.65. The van der Waals surface area contributed by atoms with Gasteiger partial charge in [0.1, 0.15) is 5.75 Å². The van der Waals surface area contributed by atoms with Gasteiger partial charge in [0.05, 0.1) is 13.5 Å². The monoisotopic (exact) mass is 303 g/mol. The van der Waals surface area contributed by atoms with Gasteiger partial charge < -0.3 is 10.1 Å². The van der Waals surface area contributed by atoms with Gasteiger partial charge in [-0.15, -0.1) is 0 Å². The summed E-state index contributed by atoms with van der Waals surface area (Å²) in [6.07, 6.45) is 3.84. The van der Waals surface area contributed by atoms with Crippen molar-refractivity contribution < 1.29 is 18.5 Å². The normalized spacial score (nSPS) is 17.6. The number of esters is 1. The second-order valence-corrected chi connectivity index (χ2v) is 7.02. The molecule has 1 aliphatic carbocycles. The van der Waals surface area contributed by atoms with Gasteiger partial charge in [0, 0.05) is 22.6 Å².